The third kappa shape index (κ3) is 3.37. The maximum Gasteiger partial charge on any atom is 0.0843 e. The zero-order valence-electron chi connectivity index (χ0n) is 10.7. The van der Waals surface area contributed by atoms with Crippen molar-refractivity contribution in [2.75, 3.05) is 13.1 Å². The third-order valence-corrected chi connectivity index (χ3v) is 6.83. The number of halogens is 2. The maximum absolute atomic E-state index is 6.43. The molecule has 0 saturated carbocycles. The summed E-state index contributed by atoms with van der Waals surface area (Å²) < 4.78 is 2.32. The zero-order valence-corrected chi connectivity index (χ0v) is 14.7. The minimum atomic E-state index is 0.261. The van der Waals surface area contributed by atoms with Crippen LogP contribution in [0.15, 0.2) is 14.3 Å². The van der Waals surface area contributed by atoms with Crippen LogP contribution < -0.4 is 5.73 Å². The smallest absolute Gasteiger partial charge is 0.0843 e. The third-order valence-electron chi connectivity index (χ3n) is 3.50. The minimum absolute atomic E-state index is 0.261. The van der Waals surface area contributed by atoms with Gasteiger partial charge in [0.05, 0.1) is 9.83 Å². The Morgan fingerprint density at radius 1 is 1.44 bits per heavy atom. The van der Waals surface area contributed by atoms with Crippen LogP contribution in [0.1, 0.15) is 43.5 Å². The van der Waals surface area contributed by atoms with Crippen LogP contribution >= 0.6 is 43.2 Å². The number of rotatable bonds is 3. The van der Waals surface area contributed by atoms with Gasteiger partial charge >= 0.3 is 0 Å². The van der Waals surface area contributed by atoms with Gasteiger partial charge in [-0.25, -0.2) is 0 Å². The highest BCUT2D eigenvalue weighted by atomic mass is 79.9. The van der Waals surface area contributed by atoms with Crippen molar-refractivity contribution >= 4 is 43.2 Å². The lowest BCUT2D eigenvalue weighted by Crippen LogP contribution is -2.39. The van der Waals surface area contributed by atoms with E-state index in [9.17, 15) is 0 Å². The first-order valence-corrected chi connectivity index (χ1v) is 8.98. The summed E-state index contributed by atoms with van der Waals surface area (Å²) in [7, 11) is 0. The molecule has 2 heterocycles. The Hall–Kier alpha value is 0.580. The molecule has 0 spiro atoms. The Morgan fingerprint density at radius 3 is 2.83 bits per heavy atom. The topological polar surface area (TPSA) is 29.3 Å². The average molecular weight is 396 g/mol. The van der Waals surface area contributed by atoms with Crippen LogP contribution in [0.3, 0.4) is 0 Å². The van der Waals surface area contributed by atoms with Gasteiger partial charge in [-0.2, -0.15) is 0 Å². The van der Waals surface area contributed by atoms with Crippen molar-refractivity contribution in [2.24, 2.45) is 5.73 Å². The predicted molar refractivity (Wildman–Crippen MR) is 86.2 cm³/mol. The number of thiophene rings is 1. The van der Waals surface area contributed by atoms with E-state index >= 15 is 0 Å². The fourth-order valence-electron chi connectivity index (χ4n) is 2.70. The summed E-state index contributed by atoms with van der Waals surface area (Å²) in [6.45, 7) is 4.57. The summed E-state index contributed by atoms with van der Waals surface area (Å²) in [5.41, 5.74) is 6.43. The molecule has 1 aliphatic rings. The molecule has 2 rings (SSSR count). The quantitative estimate of drug-likeness (QED) is 0.813. The predicted octanol–water partition coefficient (Wildman–Crippen LogP) is 4.54. The Morgan fingerprint density at radius 2 is 2.22 bits per heavy atom. The molecule has 1 aliphatic heterocycles. The first-order chi connectivity index (χ1) is 8.63. The molecule has 1 saturated heterocycles. The summed E-state index contributed by atoms with van der Waals surface area (Å²) in [6, 6.07) is 2.88. The summed E-state index contributed by atoms with van der Waals surface area (Å²) >= 11 is 8.99. The first kappa shape index (κ1) is 15.0. The summed E-state index contributed by atoms with van der Waals surface area (Å²) in [5.74, 6) is 0. The second kappa shape index (κ2) is 6.84. The van der Waals surface area contributed by atoms with Crippen molar-refractivity contribution in [3.05, 3.63) is 19.2 Å². The molecule has 1 aromatic rings. The van der Waals surface area contributed by atoms with Gasteiger partial charge in [0, 0.05) is 15.4 Å². The van der Waals surface area contributed by atoms with E-state index in [1.165, 1.54) is 34.5 Å². The normalized spacial score (nSPS) is 26.2. The van der Waals surface area contributed by atoms with Gasteiger partial charge in [0.25, 0.3) is 0 Å². The monoisotopic (exact) mass is 394 g/mol. The first-order valence-electron chi connectivity index (χ1n) is 6.57. The lowest BCUT2D eigenvalue weighted by atomic mass is 10.0. The van der Waals surface area contributed by atoms with E-state index in [-0.39, 0.29) is 6.04 Å². The van der Waals surface area contributed by atoms with Crippen LogP contribution in [0, 0.1) is 0 Å². The van der Waals surface area contributed by atoms with Crippen LogP contribution in [0.4, 0.5) is 0 Å². The molecule has 1 fully saturated rings. The standard InChI is InChI=1S/C13H20Br2N2S/c1-2-6-17-7-4-3-5-10(16)12(17)11-8-9(14)13(15)18-11/h8,10,12H,2-7,16H2,1H3. The van der Waals surface area contributed by atoms with Crippen molar-refractivity contribution in [1.29, 1.82) is 0 Å². The van der Waals surface area contributed by atoms with Gasteiger partial charge < -0.3 is 5.73 Å². The van der Waals surface area contributed by atoms with Gasteiger partial charge in [-0.05, 0) is 70.3 Å². The number of hydrogen-bond acceptors (Lipinski definition) is 3. The van der Waals surface area contributed by atoms with Crippen LogP contribution in [-0.2, 0) is 0 Å². The number of hydrogen-bond donors (Lipinski definition) is 1. The second-order valence-electron chi connectivity index (χ2n) is 4.91. The van der Waals surface area contributed by atoms with E-state index in [4.69, 9.17) is 5.73 Å². The fourth-order valence-corrected chi connectivity index (χ4v) is 5.00. The molecule has 0 radical (unpaired) electrons. The largest absolute Gasteiger partial charge is 0.326 e. The average Bonchev–Trinajstić information content (AvgIpc) is 2.55. The van der Waals surface area contributed by atoms with E-state index in [0.29, 0.717) is 6.04 Å². The van der Waals surface area contributed by atoms with Gasteiger partial charge in [-0.15, -0.1) is 11.3 Å². The fraction of sp³-hybridized carbons (Fsp3) is 0.692. The van der Waals surface area contributed by atoms with Crippen LogP contribution in [-0.4, -0.2) is 24.0 Å². The minimum Gasteiger partial charge on any atom is -0.326 e. The Balaban J connectivity index is 2.27. The maximum atomic E-state index is 6.43. The van der Waals surface area contributed by atoms with Crippen molar-refractivity contribution in [2.45, 2.75) is 44.7 Å². The molecule has 0 amide bonds. The van der Waals surface area contributed by atoms with Crippen molar-refractivity contribution in [3.8, 4) is 0 Å². The van der Waals surface area contributed by atoms with Gasteiger partial charge in [0.1, 0.15) is 0 Å². The molecule has 2 nitrogen and oxygen atoms in total. The SMILES string of the molecule is CCCN1CCCCC(N)C1c1cc(Br)c(Br)s1. The van der Waals surface area contributed by atoms with Gasteiger partial charge in [-0.1, -0.05) is 13.3 Å². The Kier molecular flexibility index (Phi) is 5.69. The van der Waals surface area contributed by atoms with Crippen molar-refractivity contribution < 1.29 is 0 Å². The van der Waals surface area contributed by atoms with Crippen molar-refractivity contribution in [1.82, 2.24) is 4.90 Å². The van der Waals surface area contributed by atoms with E-state index in [1.54, 1.807) is 0 Å². The molecule has 18 heavy (non-hydrogen) atoms. The van der Waals surface area contributed by atoms with Crippen LogP contribution in [0.5, 0.6) is 0 Å². The molecule has 5 heteroatoms. The van der Waals surface area contributed by atoms with E-state index < -0.39 is 0 Å². The molecular weight excluding hydrogens is 376 g/mol. The van der Waals surface area contributed by atoms with Crippen LogP contribution in [0.2, 0.25) is 0 Å². The molecule has 2 N–H and O–H groups in total. The lowest BCUT2D eigenvalue weighted by molar-refractivity contribution is 0.189. The highest BCUT2D eigenvalue weighted by Crippen LogP contribution is 2.40. The Bertz CT molecular complexity index is 375. The highest BCUT2D eigenvalue weighted by Gasteiger charge is 2.29. The molecule has 0 aromatic carbocycles. The van der Waals surface area contributed by atoms with Gasteiger partial charge in [0.15, 0.2) is 0 Å². The molecule has 0 bridgehead atoms. The van der Waals surface area contributed by atoms with E-state index in [1.807, 2.05) is 11.3 Å². The van der Waals surface area contributed by atoms with Gasteiger partial charge in [-0.3, -0.25) is 4.90 Å². The number of likely N-dealkylation sites (tertiary alicyclic amines) is 1. The lowest BCUT2D eigenvalue weighted by Gasteiger charge is -2.32. The molecule has 0 aliphatic carbocycles. The van der Waals surface area contributed by atoms with Crippen LogP contribution in [0.25, 0.3) is 0 Å². The zero-order chi connectivity index (χ0) is 13.1. The van der Waals surface area contributed by atoms with Gasteiger partial charge in [0.2, 0.25) is 0 Å². The molecular formula is C13H20Br2N2S. The van der Waals surface area contributed by atoms with E-state index in [2.05, 4.69) is 49.7 Å². The Labute approximate surface area is 130 Å². The molecule has 2 atom stereocenters. The molecule has 2 unspecified atom stereocenters. The van der Waals surface area contributed by atoms with Crippen molar-refractivity contribution in [3.63, 3.8) is 0 Å². The molecule has 102 valence electrons. The highest BCUT2D eigenvalue weighted by molar-refractivity contribution is 9.13. The summed E-state index contributed by atoms with van der Waals surface area (Å²) in [6.07, 6.45) is 4.86. The summed E-state index contributed by atoms with van der Waals surface area (Å²) in [4.78, 5) is 3.96. The number of nitrogens with zero attached hydrogens (tertiary/aromatic N) is 1. The second-order valence-corrected chi connectivity index (χ2v) is 8.17. The van der Waals surface area contributed by atoms with E-state index in [0.717, 1.165) is 17.4 Å². The summed E-state index contributed by atoms with van der Waals surface area (Å²) in [5, 5.41) is 0. The molecule has 1 aromatic heterocycles. The number of nitrogens with two attached hydrogens (primary N) is 1.